The van der Waals surface area contributed by atoms with Crippen LogP contribution in [0.4, 0.5) is 0 Å². The van der Waals surface area contributed by atoms with E-state index in [2.05, 4.69) is 14.2 Å². The van der Waals surface area contributed by atoms with Crippen molar-refractivity contribution in [1.29, 1.82) is 0 Å². The summed E-state index contributed by atoms with van der Waals surface area (Å²) in [6.07, 6.45) is 4.89. The van der Waals surface area contributed by atoms with Gasteiger partial charge in [-0.05, 0) is 56.5 Å². The third-order valence-corrected chi connectivity index (χ3v) is 7.75. The molecule has 7 nitrogen and oxygen atoms in total. The van der Waals surface area contributed by atoms with Crippen LogP contribution in [-0.4, -0.2) is 55.1 Å². The molecule has 0 atom stereocenters. The Labute approximate surface area is 188 Å². The Hall–Kier alpha value is -2.68. The lowest BCUT2D eigenvalue weighted by Gasteiger charge is -2.32. The Kier molecular flexibility index (Phi) is 6.93. The minimum Gasteiger partial charge on any atom is -0.478 e. The number of carboxylic acids is 1. The molecule has 1 aromatic heterocycles. The van der Waals surface area contributed by atoms with Gasteiger partial charge in [0, 0.05) is 36.7 Å². The summed E-state index contributed by atoms with van der Waals surface area (Å²) < 4.78 is 29.4. The fraction of sp³-hybridized carbons (Fsp3) is 0.375. The van der Waals surface area contributed by atoms with Crippen molar-refractivity contribution >= 4 is 26.9 Å². The molecule has 1 aliphatic rings. The summed E-state index contributed by atoms with van der Waals surface area (Å²) in [5, 5.41) is 10.3. The van der Waals surface area contributed by atoms with Gasteiger partial charge in [0.15, 0.2) is 0 Å². The highest BCUT2D eigenvalue weighted by molar-refractivity contribution is 7.89. The monoisotopic (exact) mass is 455 g/mol. The number of nitrogens with one attached hydrogen (secondary N) is 1. The molecule has 2 N–H and O–H groups in total. The highest BCUT2D eigenvalue weighted by Crippen LogP contribution is 2.25. The van der Waals surface area contributed by atoms with E-state index in [9.17, 15) is 18.3 Å². The lowest BCUT2D eigenvalue weighted by molar-refractivity contribution is 0.0698. The van der Waals surface area contributed by atoms with Gasteiger partial charge < -0.3 is 14.6 Å². The second-order valence-corrected chi connectivity index (χ2v) is 10.1. The summed E-state index contributed by atoms with van der Waals surface area (Å²) >= 11 is 0. The fourth-order valence-electron chi connectivity index (χ4n) is 4.44. The number of hydrogen-bond acceptors (Lipinski definition) is 4. The number of para-hydroxylation sites is 1. The van der Waals surface area contributed by atoms with Crippen LogP contribution in [0.1, 0.15) is 29.6 Å². The molecule has 0 bridgehead atoms. The van der Waals surface area contributed by atoms with E-state index in [0.29, 0.717) is 29.5 Å². The first kappa shape index (κ1) is 22.5. The van der Waals surface area contributed by atoms with Gasteiger partial charge in [0.05, 0.1) is 10.5 Å². The third kappa shape index (κ3) is 5.20. The molecule has 1 saturated heterocycles. The Balaban J connectivity index is 1.24. The molecule has 0 amide bonds. The largest absolute Gasteiger partial charge is 0.478 e. The minimum absolute atomic E-state index is 0.294. The number of aromatic carboxylic acids is 1. The number of benzene rings is 2. The number of hydrogen-bond donors (Lipinski definition) is 2. The molecule has 0 saturated carbocycles. The van der Waals surface area contributed by atoms with E-state index in [0.717, 1.165) is 49.8 Å². The number of nitrogens with zero attached hydrogens (tertiary/aromatic N) is 2. The van der Waals surface area contributed by atoms with Crippen molar-refractivity contribution in [3.05, 3.63) is 66.4 Å². The summed E-state index contributed by atoms with van der Waals surface area (Å²) in [4.78, 5) is 14.1. The van der Waals surface area contributed by atoms with Crippen LogP contribution in [-0.2, 0) is 16.6 Å². The highest BCUT2D eigenvalue weighted by atomic mass is 32.2. The maximum Gasteiger partial charge on any atom is 0.337 e. The molecular weight excluding hydrogens is 426 g/mol. The summed E-state index contributed by atoms with van der Waals surface area (Å²) in [5.74, 6) is -0.308. The Morgan fingerprint density at radius 3 is 2.41 bits per heavy atom. The van der Waals surface area contributed by atoms with Crippen LogP contribution in [0.2, 0.25) is 0 Å². The summed E-state index contributed by atoms with van der Waals surface area (Å²) in [6.45, 7) is 3.79. The first-order valence-corrected chi connectivity index (χ1v) is 12.5. The van der Waals surface area contributed by atoms with Crippen LogP contribution in [0.15, 0.2) is 65.7 Å². The quantitative estimate of drug-likeness (QED) is 0.516. The third-order valence-electron chi connectivity index (χ3n) is 6.28. The van der Waals surface area contributed by atoms with Gasteiger partial charge in [-0.25, -0.2) is 17.9 Å². The predicted octanol–water partition coefficient (Wildman–Crippen LogP) is 3.42. The zero-order valence-electron chi connectivity index (χ0n) is 18.0. The van der Waals surface area contributed by atoms with Crippen LogP contribution in [0, 0.1) is 5.92 Å². The number of aryl methyl sites for hydroxylation is 1. The van der Waals surface area contributed by atoms with Crippen LogP contribution in [0.5, 0.6) is 0 Å². The van der Waals surface area contributed by atoms with Crippen molar-refractivity contribution in [1.82, 2.24) is 14.2 Å². The maximum atomic E-state index is 12.3. The van der Waals surface area contributed by atoms with Gasteiger partial charge in [-0.2, -0.15) is 0 Å². The van der Waals surface area contributed by atoms with Crippen molar-refractivity contribution in [2.75, 3.05) is 26.2 Å². The van der Waals surface area contributed by atoms with Crippen LogP contribution in [0.25, 0.3) is 10.9 Å². The molecule has 1 aliphatic heterocycles. The Morgan fingerprint density at radius 1 is 1.00 bits per heavy atom. The summed E-state index contributed by atoms with van der Waals surface area (Å²) in [6, 6.07) is 16.1. The molecule has 0 radical (unpaired) electrons. The van der Waals surface area contributed by atoms with E-state index in [-0.39, 0.29) is 0 Å². The van der Waals surface area contributed by atoms with E-state index in [1.54, 1.807) is 36.5 Å². The first-order valence-electron chi connectivity index (χ1n) is 11.0. The molecule has 4 rings (SSSR count). The van der Waals surface area contributed by atoms with Crippen molar-refractivity contribution in [2.45, 2.75) is 30.7 Å². The van der Waals surface area contributed by atoms with Crippen molar-refractivity contribution in [2.24, 2.45) is 5.92 Å². The molecule has 0 spiro atoms. The summed E-state index contributed by atoms with van der Waals surface area (Å²) in [7, 11) is -3.45. The van der Waals surface area contributed by atoms with Gasteiger partial charge in [-0.3, -0.25) is 0 Å². The molecule has 32 heavy (non-hydrogen) atoms. The second kappa shape index (κ2) is 9.85. The average molecular weight is 456 g/mol. The van der Waals surface area contributed by atoms with Gasteiger partial charge in [-0.15, -0.1) is 0 Å². The van der Waals surface area contributed by atoms with Crippen molar-refractivity contribution in [3.8, 4) is 0 Å². The van der Waals surface area contributed by atoms with Gasteiger partial charge in [-0.1, -0.05) is 36.4 Å². The zero-order chi connectivity index (χ0) is 22.6. The Bertz CT molecular complexity index is 1170. The van der Waals surface area contributed by atoms with Crippen LogP contribution < -0.4 is 4.72 Å². The minimum atomic E-state index is -3.45. The predicted molar refractivity (Wildman–Crippen MR) is 124 cm³/mol. The molecule has 2 aromatic carbocycles. The number of carboxylic acid groups (broad SMARTS) is 1. The standard InChI is InChI=1S/C24H29N3O4S/c28-24(29)22-18-27(23-9-5-4-8-21(22)23)16-12-19-10-14-26(15-11-19)17-13-25-32(30,31)20-6-2-1-3-7-20/h1-9,18-19,25H,10-17H2,(H,28,29). The number of piperidine rings is 1. The van der Waals surface area contributed by atoms with E-state index in [1.807, 2.05) is 24.3 Å². The normalized spacial score (nSPS) is 15.9. The number of carbonyl (C=O) groups is 1. The second-order valence-electron chi connectivity index (χ2n) is 8.34. The topological polar surface area (TPSA) is 91.6 Å². The van der Waals surface area contributed by atoms with Gasteiger partial charge >= 0.3 is 5.97 Å². The smallest absolute Gasteiger partial charge is 0.337 e. The van der Waals surface area contributed by atoms with Gasteiger partial charge in [0.1, 0.15) is 0 Å². The summed E-state index contributed by atoms with van der Waals surface area (Å²) in [5.41, 5.74) is 1.32. The van der Waals surface area contributed by atoms with Crippen LogP contribution in [0.3, 0.4) is 0 Å². The van der Waals surface area contributed by atoms with E-state index in [4.69, 9.17) is 0 Å². The van der Waals surface area contributed by atoms with E-state index in [1.165, 1.54) is 0 Å². The average Bonchev–Trinajstić information content (AvgIpc) is 3.18. The van der Waals surface area contributed by atoms with E-state index < -0.39 is 16.0 Å². The molecule has 0 unspecified atom stereocenters. The lowest BCUT2D eigenvalue weighted by Crippen LogP contribution is -2.39. The van der Waals surface area contributed by atoms with Crippen molar-refractivity contribution < 1.29 is 18.3 Å². The molecular formula is C24H29N3O4S. The molecule has 1 fully saturated rings. The Morgan fingerprint density at radius 2 is 1.69 bits per heavy atom. The van der Waals surface area contributed by atoms with Gasteiger partial charge in [0.2, 0.25) is 10.0 Å². The molecule has 3 aromatic rings. The number of sulfonamides is 1. The first-order chi connectivity index (χ1) is 15.4. The number of fused-ring (bicyclic) bond motifs is 1. The highest BCUT2D eigenvalue weighted by Gasteiger charge is 2.21. The maximum absolute atomic E-state index is 12.3. The molecule has 8 heteroatoms. The number of likely N-dealkylation sites (tertiary alicyclic amines) is 1. The van der Waals surface area contributed by atoms with E-state index >= 15 is 0 Å². The lowest BCUT2D eigenvalue weighted by atomic mass is 9.93. The van der Waals surface area contributed by atoms with Crippen LogP contribution >= 0.6 is 0 Å². The van der Waals surface area contributed by atoms with Gasteiger partial charge in [0.25, 0.3) is 0 Å². The number of rotatable bonds is 9. The zero-order valence-corrected chi connectivity index (χ0v) is 18.8. The SMILES string of the molecule is O=C(O)c1cn(CCC2CCN(CCNS(=O)(=O)c3ccccc3)CC2)c2ccccc12. The number of aromatic nitrogens is 1. The van der Waals surface area contributed by atoms with Crippen molar-refractivity contribution in [3.63, 3.8) is 0 Å². The molecule has 0 aliphatic carbocycles. The molecule has 2 heterocycles. The fourth-order valence-corrected chi connectivity index (χ4v) is 5.49. The molecule has 170 valence electrons.